The van der Waals surface area contributed by atoms with Crippen molar-refractivity contribution in [3.05, 3.63) is 46.6 Å². The lowest BCUT2D eigenvalue weighted by Gasteiger charge is -2.01. The first-order chi connectivity index (χ1) is 6.18. The fraction of sp³-hybridized carbons (Fsp3) is 0.273. The lowest BCUT2D eigenvalue weighted by molar-refractivity contribution is 0.860. The van der Waals surface area contributed by atoms with Gasteiger partial charge in [0.05, 0.1) is 0 Å². The first kappa shape index (κ1) is 10.1. The number of allylic oxidation sites excluding steroid dienone is 1. The summed E-state index contributed by atoms with van der Waals surface area (Å²) < 4.78 is 0. The summed E-state index contributed by atoms with van der Waals surface area (Å²) >= 11 is 5.76. The first-order valence-corrected chi connectivity index (χ1v) is 4.67. The van der Waals surface area contributed by atoms with Gasteiger partial charge in [0.25, 0.3) is 0 Å². The summed E-state index contributed by atoms with van der Waals surface area (Å²) in [5.74, 6) is 0. The van der Waals surface area contributed by atoms with Gasteiger partial charge in [-0.25, -0.2) is 0 Å². The van der Waals surface area contributed by atoms with Gasteiger partial charge in [-0.15, -0.1) is 0 Å². The molecule has 0 amide bonds. The Labute approximate surface area is 84.4 Å². The molecular formula is C11H14ClN. The molecule has 0 aliphatic heterocycles. The van der Waals surface area contributed by atoms with Gasteiger partial charge in [-0.2, -0.15) is 0 Å². The monoisotopic (exact) mass is 195 g/mol. The van der Waals surface area contributed by atoms with E-state index in [1.54, 1.807) is 0 Å². The highest BCUT2D eigenvalue weighted by Crippen LogP contribution is 2.08. The van der Waals surface area contributed by atoms with Crippen LogP contribution < -0.4 is 5.32 Å². The highest BCUT2D eigenvalue weighted by Gasteiger charge is 1.90. The van der Waals surface area contributed by atoms with Crippen molar-refractivity contribution in [3.63, 3.8) is 0 Å². The van der Waals surface area contributed by atoms with Crippen LogP contribution >= 0.6 is 11.6 Å². The van der Waals surface area contributed by atoms with Crippen LogP contribution in [0.15, 0.2) is 36.0 Å². The molecule has 1 aromatic carbocycles. The van der Waals surface area contributed by atoms with E-state index < -0.39 is 0 Å². The number of hydrogen-bond donors (Lipinski definition) is 1. The number of nitrogens with one attached hydrogen (secondary N) is 1. The van der Waals surface area contributed by atoms with Crippen molar-refractivity contribution in [2.45, 2.75) is 20.4 Å². The number of rotatable bonds is 3. The van der Waals surface area contributed by atoms with E-state index >= 15 is 0 Å². The molecular weight excluding hydrogens is 182 g/mol. The van der Waals surface area contributed by atoms with Crippen molar-refractivity contribution in [2.24, 2.45) is 0 Å². The Morgan fingerprint density at radius 2 is 1.92 bits per heavy atom. The minimum atomic E-state index is 0.783. The Morgan fingerprint density at radius 3 is 2.46 bits per heavy atom. The molecule has 1 rings (SSSR count). The Bertz CT molecular complexity index is 283. The second kappa shape index (κ2) is 4.93. The quantitative estimate of drug-likeness (QED) is 0.780. The van der Waals surface area contributed by atoms with Crippen LogP contribution in [0, 0.1) is 0 Å². The third-order valence-electron chi connectivity index (χ3n) is 1.61. The van der Waals surface area contributed by atoms with Crippen molar-refractivity contribution in [3.8, 4) is 0 Å². The fourth-order valence-corrected chi connectivity index (χ4v) is 1.10. The summed E-state index contributed by atoms with van der Waals surface area (Å²) in [4.78, 5) is 0. The first-order valence-electron chi connectivity index (χ1n) is 4.29. The molecule has 0 saturated carbocycles. The van der Waals surface area contributed by atoms with Gasteiger partial charge in [-0.3, -0.25) is 0 Å². The molecule has 70 valence electrons. The van der Waals surface area contributed by atoms with Gasteiger partial charge >= 0.3 is 0 Å². The van der Waals surface area contributed by atoms with Crippen LogP contribution in [0.4, 0.5) is 0 Å². The second-order valence-corrected chi connectivity index (χ2v) is 3.67. The molecule has 2 heteroatoms. The summed E-state index contributed by atoms with van der Waals surface area (Å²) in [5, 5.41) is 4.00. The van der Waals surface area contributed by atoms with Gasteiger partial charge in [0, 0.05) is 11.6 Å². The largest absolute Gasteiger partial charge is 0.387 e. The molecule has 1 aromatic rings. The van der Waals surface area contributed by atoms with Gasteiger partial charge in [0.2, 0.25) is 0 Å². The predicted octanol–water partition coefficient (Wildman–Crippen LogP) is 3.35. The van der Waals surface area contributed by atoms with Crippen LogP contribution in [0.2, 0.25) is 5.02 Å². The number of benzene rings is 1. The zero-order valence-corrected chi connectivity index (χ0v) is 8.73. The zero-order chi connectivity index (χ0) is 9.68. The molecule has 1 nitrogen and oxygen atoms in total. The summed E-state index contributed by atoms with van der Waals surface area (Å²) in [6.07, 6.45) is 2.01. The normalized spacial score (nSPS) is 9.46. The standard InChI is InChI=1S/C11H14ClN/c1-9(2)7-13-8-10-3-5-11(12)6-4-10/h3-7,13H,8H2,1-2H3. The fourth-order valence-electron chi connectivity index (χ4n) is 0.975. The smallest absolute Gasteiger partial charge is 0.0406 e. The number of hydrogen-bond acceptors (Lipinski definition) is 1. The van der Waals surface area contributed by atoms with E-state index in [-0.39, 0.29) is 0 Å². The van der Waals surface area contributed by atoms with E-state index in [4.69, 9.17) is 11.6 Å². The predicted molar refractivity (Wildman–Crippen MR) is 57.7 cm³/mol. The number of halogens is 1. The highest BCUT2D eigenvalue weighted by molar-refractivity contribution is 6.30. The van der Waals surface area contributed by atoms with Crippen molar-refractivity contribution in [2.75, 3.05) is 0 Å². The molecule has 0 aromatic heterocycles. The maximum Gasteiger partial charge on any atom is 0.0406 e. The van der Waals surface area contributed by atoms with E-state index in [0.717, 1.165) is 11.6 Å². The van der Waals surface area contributed by atoms with Crippen LogP contribution in [0.5, 0.6) is 0 Å². The maximum atomic E-state index is 5.76. The van der Waals surface area contributed by atoms with E-state index in [1.807, 2.05) is 30.5 Å². The van der Waals surface area contributed by atoms with Crippen LogP contribution in [0.1, 0.15) is 19.4 Å². The summed E-state index contributed by atoms with van der Waals surface area (Å²) in [7, 11) is 0. The Morgan fingerprint density at radius 1 is 1.31 bits per heavy atom. The van der Waals surface area contributed by atoms with Crippen LogP contribution in [0.25, 0.3) is 0 Å². The van der Waals surface area contributed by atoms with Crippen molar-refractivity contribution in [1.82, 2.24) is 5.32 Å². The maximum absolute atomic E-state index is 5.76. The average molecular weight is 196 g/mol. The summed E-state index contributed by atoms with van der Waals surface area (Å²) in [6.45, 7) is 4.98. The third-order valence-corrected chi connectivity index (χ3v) is 1.86. The molecule has 0 atom stereocenters. The molecule has 13 heavy (non-hydrogen) atoms. The van der Waals surface area contributed by atoms with Gasteiger partial charge in [0.15, 0.2) is 0 Å². The minimum Gasteiger partial charge on any atom is -0.387 e. The van der Waals surface area contributed by atoms with Crippen LogP contribution in [-0.4, -0.2) is 0 Å². The highest BCUT2D eigenvalue weighted by atomic mass is 35.5. The third kappa shape index (κ3) is 4.00. The Balaban J connectivity index is 2.46. The summed E-state index contributed by atoms with van der Waals surface area (Å²) in [6, 6.07) is 7.85. The Kier molecular flexibility index (Phi) is 3.84. The van der Waals surface area contributed by atoms with Gasteiger partial charge < -0.3 is 5.32 Å². The topological polar surface area (TPSA) is 12.0 Å². The summed E-state index contributed by atoms with van der Waals surface area (Å²) in [5.41, 5.74) is 2.51. The van der Waals surface area contributed by atoms with E-state index in [9.17, 15) is 0 Å². The van der Waals surface area contributed by atoms with E-state index in [1.165, 1.54) is 11.1 Å². The second-order valence-electron chi connectivity index (χ2n) is 3.23. The molecule has 0 spiro atoms. The molecule has 0 heterocycles. The lowest BCUT2D eigenvalue weighted by atomic mass is 10.2. The molecule has 0 fully saturated rings. The van der Waals surface area contributed by atoms with E-state index in [0.29, 0.717) is 0 Å². The Hall–Kier alpha value is -0.950. The van der Waals surface area contributed by atoms with Gasteiger partial charge in [0.1, 0.15) is 0 Å². The molecule has 0 radical (unpaired) electrons. The van der Waals surface area contributed by atoms with Crippen LogP contribution in [0.3, 0.4) is 0 Å². The molecule has 0 aliphatic carbocycles. The lowest BCUT2D eigenvalue weighted by Crippen LogP contribution is -2.04. The van der Waals surface area contributed by atoms with Crippen molar-refractivity contribution < 1.29 is 0 Å². The molecule has 0 saturated heterocycles. The molecule has 0 bridgehead atoms. The molecule has 1 N–H and O–H groups in total. The van der Waals surface area contributed by atoms with Gasteiger partial charge in [-0.1, -0.05) is 29.3 Å². The minimum absolute atomic E-state index is 0.783. The molecule has 0 unspecified atom stereocenters. The average Bonchev–Trinajstić information content (AvgIpc) is 2.08. The van der Waals surface area contributed by atoms with E-state index in [2.05, 4.69) is 19.2 Å². The van der Waals surface area contributed by atoms with Gasteiger partial charge in [-0.05, 0) is 37.7 Å². The molecule has 0 aliphatic rings. The zero-order valence-electron chi connectivity index (χ0n) is 7.97. The van der Waals surface area contributed by atoms with Crippen LogP contribution in [-0.2, 0) is 6.54 Å². The van der Waals surface area contributed by atoms with Crippen molar-refractivity contribution >= 4 is 11.6 Å². The SMILES string of the molecule is CC(C)=CNCc1ccc(Cl)cc1. The van der Waals surface area contributed by atoms with Crippen molar-refractivity contribution in [1.29, 1.82) is 0 Å².